The standard InChI is InChI=1S/C8H13NO4/c1-3-6(5(2)8(12)13)9-4-7(10)11/h9H,3-4H2,1-2H3,(H,10,11)(H,12,13). The molecule has 0 atom stereocenters. The summed E-state index contributed by atoms with van der Waals surface area (Å²) in [6.07, 6.45) is 0.493. The molecule has 0 amide bonds. The Hall–Kier alpha value is -1.36. The molecule has 5 nitrogen and oxygen atoms in total. The Morgan fingerprint density at radius 2 is 2.00 bits per heavy atom. The van der Waals surface area contributed by atoms with Gasteiger partial charge in [-0.3, -0.25) is 0 Å². The second-order valence-electron chi connectivity index (χ2n) is 2.59. The topological polar surface area (TPSA) is 94.0 Å². The monoisotopic (exact) mass is 187 g/mol. The number of hydrogen-bond donors (Lipinski definition) is 2. The Morgan fingerprint density at radius 3 is 2.31 bits per heavy atom. The number of carbonyl (C=O) groups is 2. The zero-order valence-electron chi connectivity index (χ0n) is 7.66. The maximum absolute atomic E-state index is 10.4. The maximum Gasteiger partial charge on any atom is 0.359 e. The van der Waals surface area contributed by atoms with Crippen molar-refractivity contribution in [2.75, 3.05) is 6.54 Å². The van der Waals surface area contributed by atoms with Crippen molar-refractivity contribution in [3.8, 4) is 0 Å². The van der Waals surface area contributed by atoms with Crippen LogP contribution in [0.1, 0.15) is 20.3 Å². The minimum Gasteiger partial charge on any atom is -0.545 e. The SMILES string of the molecule is CCC([NH2+]CC(=O)O)=C(C)C(=O)[O-]. The quantitative estimate of drug-likeness (QED) is 0.490. The van der Waals surface area contributed by atoms with E-state index < -0.39 is 11.9 Å². The summed E-state index contributed by atoms with van der Waals surface area (Å²) in [7, 11) is 0. The average molecular weight is 187 g/mol. The highest BCUT2D eigenvalue weighted by atomic mass is 16.4. The van der Waals surface area contributed by atoms with Crippen LogP contribution in [-0.4, -0.2) is 23.6 Å². The largest absolute Gasteiger partial charge is 0.545 e. The summed E-state index contributed by atoms with van der Waals surface area (Å²) in [5.74, 6) is -2.23. The van der Waals surface area contributed by atoms with Gasteiger partial charge in [0.05, 0.1) is 5.97 Å². The van der Waals surface area contributed by atoms with Gasteiger partial charge in [-0.15, -0.1) is 0 Å². The number of carbonyl (C=O) groups excluding carboxylic acids is 1. The normalized spacial score (nSPS) is 12.2. The molecule has 0 aliphatic heterocycles. The number of nitrogens with two attached hydrogens (primary N) is 1. The summed E-state index contributed by atoms with van der Waals surface area (Å²) in [4.78, 5) is 20.6. The van der Waals surface area contributed by atoms with Crippen LogP contribution in [-0.2, 0) is 9.59 Å². The fourth-order valence-electron chi connectivity index (χ4n) is 0.904. The molecule has 5 heteroatoms. The molecule has 0 saturated heterocycles. The first-order chi connectivity index (χ1) is 5.99. The molecular formula is C8H13NO4. The molecule has 0 radical (unpaired) electrons. The van der Waals surface area contributed by atoms with E-state index in [1.165, 1.54) is 12.2 Å². The Balaban J connectivity index is 4.41. The molecule has 74 valence electrons. The molecule has 0 bridgehead atoms. The molecule has 0 rings (SSSR count). The molecule has 0 fully saturated rings. The first-order valence-electron chi connectivity index (χ1n) is 3.95. The lowest BCUT2D eigenvalue weighted by Crippen LogP contribution is -2.84. The summed E-state index contributed by atoms with van der Waals surface area (Å²) in [6, 6.07) is 0. The fraction of sp³-hybridized carbons (Fsp3) is 0.500. The number of hydrogen-bond acceptors (Lipinski definition) is 3. The third kappa shape index (κ3) is 4.27. The second kappa shape index (κ2) is 5.31. The second-order valence-corrected chi connectivity index (χ2v) is 2.59. The molecule has 0 saturated carbocycles. The van der Waals surface area contributed by atoms with Crippen molar-refractivity contribution in [1.29, 1.82) is 0 Å². The first kappa shape index (κ1) is 11.6. The number of carboxylic acid groups (broad SMARTS) is 2. The van der Waals surface area contributed by atoms with Gasteiger partial charge in [0.15, 0.2) is 6.54 Å². The minimum atomic E-state index is -1.25. The van der Waals surface area contributed by atoms with Crippen LogP contribution < -0.4 is 10.4 Å². The molecule has 3 N–H and O–H groups in total. The van der Waals surface area contributed by atoms with Crippen LogP contribution in [0.5, 0.6) is 0 Å². The first-order valence-corrected chi connectivity index (χ1v) is 3.95. The van der Waals surface area contributed by atoms with Crippen LogP contribution in [0.3, 0.4) is 0 Å². The van der Waals surface area contributed by atoms with E-state index in [0.29, 0.717) is 12.1 Å². The van der Waals surface area contributed by atoms with Gasteiger partial charge >= 0.3 is 5.97 Å². The molecule has 13 heavy (non-hydrogen) atoms. The third-order valence-electron chi connectivity index (χ3n) is 1.69. The molecule has 0 aromatic heterocycles. The van der Waals surface area contributed by atoms with Gasteiger partial charge in [0, 0.05) is 12.0 Å². The zero-order valence-corrected chi connectivity index (χ0v) is 7.66. The van der Waals surface area contributed by atoms with E-state index in [0.717, 1.165) is 0 Å². The summed E-state index contributed by atoms with van der Waals surface area (Å²) < 4.78 is 0. The number of rotatable bonds is 5. The van der Waals surface area contributed by atoms with Gasteiger partial charge in [0.25, 0.3) is 0 Å². The van der Waals surface area contributed by atoms with Crippen LogP contribution in [0.2, 0.25) is 0 Å². The summed E-state index contributed by atoms with van der Waals surface area (Å²) >= 11 is 0. The van der Waals surface area contributed by atoms with Crippen LogP contribution in [0.15, 0.2) is 11.3 Å². The van der Waals surface area contributed by atoms with Gasteiger partial charge in [-0.1, -0.05) is 6.92 Å². The molecule has 0 aromatic carbocycles. The van der Waals surface area contributed by atoms with E-state index in [1.54, 1.807) is 6.92 Å². The van der Waals surface area contributed by atoms with Gasteiger partial charge in [0.2, 0.25) is 0 Å². The zero-order chi connectivity index (χ0) is 10.4. The van der Waals surface area contributed by atoms with Crippen molar-refractivity contribution < 1.29 is 25.1 Å². The third-order valence-corrected chi connectivity index (χ3v) is 1.69. The molecule has 0 heterocycles. The predicted octanol–water partition coefficient (Wildman–Crippen LogP) is -1.93. The highest BCUT2D eigenvalue weighted by Gasteiger charge is 2.07. The summed E-state index contributed by atoms with van der Waals surface area (Å²) in [5.41, 5.74) is 0.617. The van der Waals surface area contributed by atoms with E-state index >= 15 is 0 Å². The molecule has 0 aromatic rings. The highest BCUT2D eigenvalue weighted by molar-refractivity contribution is 5.84. The number of aliphatic carboxylic acids is 2. The van der Waals surface area contributed by atoms with Crippen molar-refractivity contribution in [1.82, 2.24) is 0 Å². The van der Waals surface area contributed by atoms with E-state index in [4.69, 9.17) is 5.11 Å². The Kier molecular flexibility index (Phi) is 4.76. The predicted molar refractivity (Wildman–Crippen MR) is 42.4 cm³/mol. The lowest BCUT2D eigenvalue weighted by Gasteiger charge is -2.07. The van der Waals surface area contributed by atoms with Crippen LogP contribution in [0.4, 0.5) is 0 Å². The van der Waals surface area contributed by atoms with Crippen molar-refractivity contribution >= 4 is 11.9 Å². The smallest absolute Gasteiger partial charge is 0.359 e. The maximum atomic E-state index is 10.4. The molecule has 0 aliphatic rings. The van der Waals surface area contributed by atoms with Crippen molar-refractivity contribution in [3.05, 3.63) is 11.3 Å². The van der Waals surface area contributed by atoms with Gasteiger partial charge in [-0.25, -0.2) is 4.79 Å². The van der Waals surface area contributed by atoms with Gasteiger partial charge in [0.1, 0.15) is 5.70 Å². The molecule has 0 spiro atoms. The van der Waals surface area contributed by atoms with E-state index in [9.17, 15) is 14.7 Å². The Labute approximate surface area is 76.1 Å². The van der Waals surface area contributed by atoms with Gasteiger partial charge in [-0.05, 0) is 6.92 Å². The summed E-state index contributed by atoms with van der Waals surface area (Å²) in [5, 5.41) is 20.2. The number of allylic oxidation sites excluding steroid dienone is 1. The average Bonchev–Trinajstić information content (AvgIpc) is 2.04. The van der Waals surface area contributed by atoms with Gasteiger partial charge in [-0.2, -0.15) is 0 Å². The highest BCUT2D eigenvalue weighted by Crippen LogP contribution is 1.98. The van der Waals surface area contributed by atoms with Crippen molar-refractivity contribution in [3.63, 3.8) is 0 Å². The molecular weight excluding hydrogens is 174 g/mol. The van der Waals surface area contributed by atoms with Crippen molar-refractivity contribution in [2.45, 2.75) is 20.3 Å². The lowest BCUT2D eigenvalue weighted by atomic mass is 10.2. The van der Waals surface area contributed by atoms with E-state index in [1.807, 2.05) is 0 Å². The van der Waals surface area contributed by atoms with Crippen LogP contribution in [0, 0.1) is 0 Å². The number of carboxylic acids is 2. The van der Waals surface area contributed by atoms with Gasteiger partial charge < -0.3 is 20.3 Å². The molecule has 0 aliphatic carbocycles. The van der Waals surface area contributed by atoms with Crippen LogP contribution in [0.25, 0.3) is 0 Å². The van der Waals surface area contributed by atoms with E-state index in [2.05, 4.69) is 0 Å². The van der Waals surface area contributed by atoms with E-state index in [-0.39, 0.29) is 12.1 Å². The van der Waals surface area contributed by atoms with Crippen molar-refractivity contribution in [2.24, 2.45) is 0 Å². The van der Waals surface area contributed by atoms with Crippen LogP contribution >= 0.6 is 0 Å². The number of quaternary nitrogens is 1. The fourth-order valence-corrected chi connectivity index (χ4v) is 0.904. The lowest BCUT2D eigenvalue weighted by molar-refractivity contribution is -0.599. The Bertz CT molecular complexity index is 245. The minimum absolute atomic E-state index is 0.101. The summed E-state index contributed by atoms with van der Waals surface area (Å²) in [6.45, 7) is 3.01. The molecule has 0 unspecified atom stereocenters. The Morgan fingerprint density at radius 1 is 1.46 bits per heavy atom.